The molecule has 2 aliphatic rings. The number of carbonyl (C=O) groups is 2. The average molecular weight is 430 g/mol. The van der Waals surface area contributed by atoms with Crippen molar-refractivity contribution >= 4 is 20.2 Å². The van der Waals surface area contributed by atoms with Crippen LogP contribution in [0.4, 0.5) is 0 Å². The summed E-state index contributed by atoms with van der Waals surface area (Å²) in [6, 6.07) is 12.6. The third kappa shape index (κ3) is 4.64. The number of allylic oxidation sites excluding steroid dienone is 2. The van der Waals surface area contributed by atoms with Crippen LogP contribution in [-0.2, 0) is 25.3 Å². The van der Waals surface area contributed by atoms with Crippen LogP contribution in [0, 0.1) is 11.8 Å². The standard InChI is InChI=1S/C24H35NO4Si/c1-5-30(6-2,7-3)29-20-13-14-21-19(15-20)16-22(24(27)28-4)25(23(21)26)17-18-11-9-8-10-12-18/h8-12,15,19,21-22H,5-7,13-14,16-17H2,1-4H3/t19-,21-,22+/m1/s1. The zero-order valence-electron chi connectivity index (χ0n) is 18.7. The number of fused-ring (bicyclic) bond motifs is 1. The largest absolute Gasteiger partial charge is 0.547 e. The summed E-state index contributed by atoms with van der Waals surface area (Å²) in [5.74, 6) is 0.725. The van der Waals surface area contributed by atoms with E-state index in [1.54, 1.807) is 4.90 Å². The van der Waals surface area contributed by atoms with Crippen molar-refractivity contribution in [1.29, 1.82) is 0 Å². The average Bonchev–Trinajstić information content (AvgIpc) is 2.79. The van der Waals surface area contributed by atoms with Gasteiger partial charge in [-0.2, -0.15) is 0 Å². The van der Waals surface area contributed by atoms with Crippen molar-refractivity contribution in [2.24, 2.45) is 11.8 Å². The van der Waals surface area contributed by atoms with Crippen LogP contribution in [0.2, 0.25) is 18.1 Å². The summed E-state index contributed by atoms with van der Waals surface area (Å²) in [7, 11) is -0.346. The van der Waals surface area contributed by atoms with E-state index in [9.17, 15) is 9.59 Å². The molecule has 3 atom stereocenters. The molecule has 1 aromatic rings. The molecule has 164 valence electrons. The fraction of sp³-hybridized carbons (Fsp3) is 0.583. The van der Waals surface area contributed by atoms with E-state index in [2.05, 4.69) is 26.8 Å². The molecule has 1 aromatic carbocycles. The molecule has 0 bridgehead atoms. The SMILES string of the molecule is CC[Si](CC)(CC)OC1=C[C@@H]2C[C@@H](C(=O)OC)N(Cc3ccccc3)C(=O)[C@@H]2CC1. The van der Waals surface area contributed by atoms with Crippen LogP contribution in [0.25, 0.3) is 0 Å². The number of carbonyl (C=O) groups excluding carboxylic acids is 2. The van der Waals surface area contributed by atoms with Gasteiger partial charge in [0.1, 0.15) is 6.04 Å². The summed E-state index contributed by atoms with van der Waals surface area (Å²) in [6.45, 7) is 7.12. The Bertz CT molecular complexity index is 766. The van der Waals surface area contributed by atoms with Crippen LogP contribution in [0.3, 0.4) is 0 Å². The highest BCUT2D eigenvalue weighted by Gasteiger charge is 2.46. The second-order valence-corrected chi connectivity index (χ2v) is 13.2. The number of nitrogens with zero attached hydrogens (tertiary/aromatic N) is 1. The monoisotopic (exact) mass is 429 g/mol. The molecule has 3 rings (SSSR count). The summed E-state index contributed by atoms with van der Waals surface area (Å²) in [6.07, 6.45) is 4.35. The van der Waals surface area contributed by atoms with Gasteiger partial charge in [-0.15, -0.1) is 0 Å². The molecule has 30 heavy (non-hydrogen) atoms. The molecule has 6 heteroatoms. The maximum atomic E-state index is 13.4. The zero-order chi connectivity index (χ0) is 21.7. The number of hydrogen-bond donors (Lipinski definition) is 0. The number of piperidine rings is 1. The van der Waals surface area contributed by atoms with Crippen molar-refractivity contribution in [1.82, 2.24) is 4.90 Å². The predicted molar refractivity (Wildman–Crippen MR) is 120 cm³/mol. The van der Waals surface area contributed by atoms with Crippen LogP contribution in [0.5, 0.6) is 0 Å². The lowest BCUT2D eigenvalue weighted by atomic mass is 9.75. The first-order valence-electron chi connectivity index (χ1n) is 11.3. The van der Waals surface area contributed by atoms with E-state index in [0.717, 1.165) is 42.3 Å². The Morgan fingerprint density at radius 1 is 1.13 bits per heavy atom. The number of rotatable bonds is 8. The third-order valence-corrected chi connectivity index (χ3v) is 11.6. The van der Waals surface area contributed by atoms with Gasteiger partial charge in [0.25, 0.3) is 0 Å². The summed E-state index contributed by atoms with van der Waals surface area (Å²) < 4.78 is 11.7. The number of esters is 1. The van der Waals surface area contributed by atoms with Crippen molar-refractivity contribution < 1.29 is 18.8 Å². The highest BCUT2D eigenvalue weighted by Crippen LogP contribution is 2.41. The highest BCUT2D eigenvalue weighted by atomic mass is 28.4. The Morgan fingerprint density at radius 3 is 2.40 bits per heavy atom. The summed E-state index contributed by atoms with van der Waals surface area (Å²) >= 11 is 0. The molecule has 1 aliphatic carbocycles. The number of likely N-dealkylation sites (tertiary alicyclic amines) is 1. The summed E-state index contributed by atoms with van der Waals surface area (Å²) in [5.41, 5.74) is 1.03. The first-order chi connectivity index (χ1) is 14.5. The first-order valence-corrected chi connectivity index (χ1v) is 13.8. The highest BCUT2D eigenvalue weighted by molar-refractivity contribution is 6.73. The zero-order valence-corrected chi connectivity index (χ0v) is 19.7. The molecule has 0 radical (unpaired) electrons. The minimum Gasteiger partial charge on any atom is -0.547 e. The number of benzene rings is 1. The molecule has 0 spiro atoms. The molecule has 5 nitrogen and oxygen atoms in total. The second-order valence-electron chi connectivity index (χ2n) is 8.51. The quantitative estimate of drug-likeness (QED) is 0.436. The Hall–Kier alpha value is -2.08. The second kappa shape index (κ2) is 9.82. The lowest BCUT2D eigenvalue weighted by Gasteiger charge is -2.44. The van der Waals surface area contributed by atoms with Gasteiger partial charge in [0, 0.05) is 18.9 Å². The van der Waals surface area contributed by atoms with Gasteiger partial charge in [0.15, 0.2) is 0 Å². The maximum Gasteiger partial charge on any atom is 0.328 e. The molecular formula is C24H35NO4Si. The normalized spacial score (nSPS) is 24.1. The Balaban J connectivity index is 1.83. The fourth-order valence-electron chi connectivity index (χ4n) is 4.90. The van der Waals surface area contributed by atoms with Gasteiger partial charge < -0.3 is 14.1 Å². The molecule has 1 heterocycles. The van der Waals surface area contributed by atoms with Crippen LogP contribution >= 0.6 is 0 Å². The molecule has 1 amide bonds. The van der Waals surface area contributed by atoms with Gasteiger partial charge in [-0.1, -0.05) is 51.1 Å². The molecule has 0 N–H and O–H groups in total. The van der Waals surface area contributed by atoms with Gasteiger partial charge >= 0.3 is 5.97 Å². The molecule has 0 aromatic heterocycles. The minimum absolute atomic E-state index is 0.0367. The predicted octanol–water partition coefficient (Wildman–Crippen LogP) is 4.89. The smallest absolute Gasteiger partial charge is 0.328 e. The maximum absolute atomic E-state index is 13.4. The fourth-order valence-corrected chi connectivity index (χ4v) is 7.56. The first kappa shape index (κ1) is 22.6. The van der Waals surface area contributed by atoms with Gasteiger partial charge in [-0.05, 0) is 48.5 Å². The molecule has 1 aliphatic heterocycles. The van der Waals surface area contributed by atoms with E-state index >= 15 is 0 Å². The van der Waals surface area contributed by atoms with E-state index in [0.29, 0.717) is 13.0 Å². The van der Waals surface area contributed by atoms with Crippen molar-refractivity contribution in [2.45, 2.75) is 70.8 Å². The molecule has 1 fully saturated rings. The lowest BCUT2D eigenvalue weighted by molar-refractivity contribution is -0.161. The number of hydrogen-bond acceptors (Lipinski definition) is 4. The molecule has 1 saturated heterocycles. The van der Waals surface area contributed by atoms with Gasteiger partial charge in [0.05, 0.1) is 12.9 Å². The van der Waals surface area contributed by atoms with E-state index in [-0.39, 0.29) is 23.7 Å². The van der Waals surface area contributed by atoms with Crippen molar-refractivity contribution in [3.63, 3.8) is 0 Å². The Kier molecular flexibility index (Phi) is 7.39. The van der Waals surface area contributed by atoms with Crippen molar-refractivity contribution in [3.05, 3.63) is 47.7 Å². The summed E-state index contributed by atoms with van der Waals surface area (Å²) in [5, 5.41) is 0. The number of methoxy groups -OCH3 is 1. The minimum atomic E-state index is -1.74. The Labute approximate surface area is 181 Å². The van der Waals surface area contributed by atoms with E-state index in [4.69, 9.17) is 9.16 Å². The van der Waals surface area contributed by atoms with E-state index < -0.39 is 14.4 Å². The molecule has 0 saturated carbocycles. The van der Waals surface area contributed by atoms with E-state index in [1.807, 2.05) is 30.3 Å². The molecular weight excluding hydrogens is 394 g/mol. The van der Waals surface area contributed by atoms with Crippen molar-refractivity contribution in [3.8, 4) is 0 Å². The number of amides is 1. The van der Waals surface area contributed by atoms with Crippen LogP contribution < -0.4 is 0 Å². The number of ether oxygens (including phenoxy) is 1. The third-order valence-electron chi connectivity index (χ3n) is 7.04. The van der Waals surface area contributed by atoms with Crippen LogP contribution in [0.15, 0.2) is 42.2 Å². The summed E-state index contributed by atoms with van der Waals surface area (Å²) in [4.78, 5) is 27.7. The molecule has 0 unspecified atom stereocenters. The van der Waals surface area contributed by atoms with Gasteiger partial charge in [-0.25, -0.2) is 4.79 Å². The Morgan fingerprint density at radius 2 is 1.80 bits per heavy atom. The van der Waals surface area contributed by atoms with Gasteiger partial charge in [0.2, 0.25) is 14.2 Å². The topological polar surface area (TPSA) is 55.8 Å². The van der Waals surface area contributed by atoms with E-state index in [1.165, 1.54) is 7.11 Å². The van der Waals surface area contributed by atoms with Crippen molar-refractivity contribution in [2.75, 3.05) is 7.11 Å². The van der Waals surface area contributed by atoms with Crippen LogP contribution in [0.1, 0.15) is 45.6 Å². The van der Waals surface area contributed by atoms with Gasteiger partial charge in [-0.3, -0.25) is 4.79 Å². The lowest BCUT2D eigenvalue weighted by Crippen LogP contribution is -2.54. The van der Waals surface area contributed by atoms with Crippen LogP contribution in [-0.4, -0.2) is 38.2 Å².